The average molecular weight is 423 g/mol. The molecular weight excluding hydrogens is 383 g/mol. The molecule has 2 heteroatoms. The maximum Gasteiger partial charge on any atom is 0.123 e. The Kier molecular flexibility index (Phi) is 8.05. The molecule has 0 aromatic heterocycles. The van der Waals surface area contributed by atoms with Gasteiger partial charge in [0.25, 0.3) is 0 Å². The van der Waals surface area contributed by atoms with Crippen LogP contribution in [0.2, 0.25) is 0 Å². The van der Waals surface area contributed by atoms with Gasteiger partial charge in [-0.1, -0.05) is 63.3 Å². The van der Waals surface area contributed by atoms with E-state index in [0.29, 0.717) is 12.5 Å². The van der Waals surface area contributed by atoms with Gasteiger partial charge in [0.1, 0.15) is 18.2 Å². The predicted molar refractivity (Wildman–Crippen MR) is 127 cm³/mol. The second kappa shape index (κ2) is 11.2. The Morgan fingerprint density at radius 1 is 0.839 bits per heavy atom. The molecule has 2 aliphatic carbocycles. The second-order valence-electron chi connectivity index (χ2n) is 10.0. The summed E-state index contributed by atoms with van der Waals surface area (Å²) in [6, 6.07) is 15.3. The average Bonchev–Trinajstić information content (AvgIpc) is 2.82. The lowest BCUT2D eigenvalue weighted by Gasteiger charge is -2.38. The topological polar surface area (TPSA) is 9.23 Å². The molecule has 4 rings (SSSR count). The molecule has 2 saturated carbocycles. The summed E-state index contributed by atoms with van der Waals surface area (Å²) in [5.74, 6) is 4.31. The van der Waals surface area contributed by atoms with Crippen LogP contribution >= 0.6 is 0 Å². The molecule has 0 bridgehead atoms. The van der Waals surface area contributed by atoms with Crippen molar-refractivity contribution < 1.29 is 9.13 Å². The minimum Gasteiger partial charge on any atom is -0.489 e. The van der Waals surface area contributed by atoms with Gasteiger partial charge in [-0.15, -0.1) is 0 Å². The van der Waals surface area contributed by atoms with E-state index in [9.17, 15) is 4.39 Å². The first-order valence-electron chi connectivity index (χ1n) is 12.7. The lowest BCUT2D eigenvalue weighted by molar-refractivity contribution is 0.156. The van der Waals surface area contributed by atoms with Crippen molar-refractivity contribution in [1.82, 2.24) is 0 Å². The third kappa shape index (κ3) is 6.34. The number of unbranched alkanes of at least 4 members (excludes halogenated alkanes) is 1. The molecule has 2 aromatic rings. The van der Waals surface area contributed by atoms with Crippen molar-refractivity contribution in [3.63, 3.8) is 0 Å². The highest BCUT2D eigenvalue weighted by Crippen LogP contribution is 2.44. The van der Waals surface area contributed by atoms with Crippen LogP contribution in [0.15, 0.2) is 48.5 Å². The maximum atomic E-state index is 13.4. The Labute approximate surface area is 188 Å². The van der Waals surface area contributed by atoms with Gasteiger partial charge in [-0.05, 0) is 97.6 Å². The summed E-state index contributed by atoms with van der Waals surface area (Å²) in [7, 11) is 0. The highest BCUT2D eigenvalue weighted by molar-refractivity contribution is 5.31. The molecule has 168 valence electrons. The van der Waals surface area contributed by atoms with Gasteiger partial charge in [0.05, 0.1) is 0 Å². The van der Waals surface area contributed by atoms with E-state index in [4.69, 9.17) is 4.74 Å². The molecule has 2 aromatic carbocycles. The minimum atomic E-state index is -0.207. The van der Waals surface area contributed by atoms with Crippen molar-refractivity contribution in [2.75, 3.05) is 0 Å². The third-order valence-corrected chi connectivity index (χ3v) is 7.92. The third-order valence-electron chi connectivity index (χ3n) is 7.92. The largest absolute Gasteiger partial charge is 0.489 e. The van der Waals surface area contributed by atoms with E-state index in [1.165, 1.54) is 82.3 Å². The Morgan fingerprint density at radius 2 is 1.55 bits per heavy atom. The zero-order chi connectivity index (χ0) is 21.5. The maximum absolute atomic E-state index is 13.4. The van der Waals surface area contributed by atoms with Crippen molar-refractivity contribution in [1.29, 1.82) is 0 Å². The van der Waals surface area contributed by atoms with Crippen LogP contribution in [0.25, 0.3) is 0 Å². The number of hydrogen-bond donors (Lipinski definition) is 0. The van der Waals surface area contributed by atoms with Crippen molar-refractivity contribution in [2.24, 2.45) is 17.8 Å². The fraction of sp³-hybridized carbons (Fsp3) is 0.586. The van der Waals surface area contributed by atoms with Crippen molar-refractivity contribution in [3.8, 4) is 5.75 Å². The highest BCUT2D eigenvalue weighted by Gasteiger charge is 2.31. The number of benzene rings is 2. The summed E-state index contributed by atoms with van der Waals surface area (Å²) < 4.78 is 19.3. The monoisotopic (exact) mass is 422 g/mol. The van der Waals surface area contributed by atoms with E-state index in [2.05, 4.69) is 25.1 Å². The van der Waals surface area contributed by atoms with Crippen molar-refractivity contribution in [2.45, 2.75) is 90.1 Å². The first-order chi connectivity index (χ1) is 15.2. The Hall–Kier alpha value is -1.83. The standard InChI is InChI=1S/C29H39FO/c1-2-3-6-22-11-13-24(14-12-22)25-15-17-26(18-16-25)27-8-5-10-29(20-27)31-21-23-7-4-9-28(30)19-23/h4-5,7-10,19-20,22,24-26H,2-3,6,11-18,21H2,1H3. The van der Waals surface area contributed by atoms with E-state index in [1.54, 1.807) is 12.1 Å². The molecule has 0 N–H and O–H groups in total. The van der Waals surface area contributed by atoms with E-state index < -0.39 is 0 Å². The predicted octanol–water partition coefficient (Wildman–Crippen LogP) is 8.68. The van der Waals surface area contributed by atoms with Gasteiger partial charge < -0.3 is 4.74 Å². The molecule has 1 nitrogen and oxygen atoms in total. The van der Waals surface area contributed by atoms with E-state index in [0.717, 1.165) is 29.1 Å². The van der Waals surface area contributed by atoms with Gasteiger partial charge in [-0.3, -0.25) is 0 Å². The SMILES string of the molecule is CCCCC1CCC(C2CCC(c3cccc(OCc4cccc(F)c4)c3)CC2)CC1. The number of hydrogen-bond acceptors (Lipinski definition) is 1. The van der Waals surface area contributed by atoms with E-state index in [1.807, 2.05) is 12.1 Å². The summed E-state index contributed by atoms with van der Waals surface area (Å²) in [5, 5.41) is 0. The molecule has 2 fully saturated rings. The highest BCUT2D eigenvalue weighted by atomic mass is 19.1. The molecular formula is C29H39FO. The van der Waals surface area contributed by atoms with Gasteiger partial charge in [0.2, 0.25) is 0 Å². The van der Waals surface area contributed by atoms with E-state index >= 15 is 0 Å². The van der Waals surface area contributed by atoms with Gasteiger partial charge in [0, 0.05) is 0 Å². The quantitative estimate of drug-likeness (QED) is 0.413. The summed E-state index contributed by atoms with van der Waals surface area (Å²) >= 11 is 0. The molecule has 0 heterocycles. The van der Waals surface area contributed by atoms with Crippen LogP contribution in [0.1, 0.15) is 94.6 Å². The molecule has 0 unspecified atom stereocenters. The molecule has 0 aliphatic heterocycles. The second-order valence-corrected chi connectivity index (χ2v) is 10.0. The van der Waals surface area contributed by atoms with Crippen LogP contribution < -0.4 is 4.74 Å². The summed E-state index contributed by atoms with van der Waals surface area (Å²) in [5.41, 5.74) is 2.29. The van der Waals surface area contributed by atoms with Gasteiger partial charge in [-0.2, -0.15) is 0 Å². The first-order valence-corrected chi connectivity index (χ1v) is 12.7. The zero-order valence-electron chi connectivity index (χ0n) is 19.2. The normalized spacial score (nSPS) is 26.5. The molecule has 0 radical (unpaired) electrons. The summed E-state index contributed by atoms with van der Waals surface area (Å²) in [6.45, 7) is 2.73. The van der Waals surface area contributed by atoms with Crippen LogP contribution in [-0.4, -0.2) is 0 Å². The number of rotatable bonds is 8. The van der Waals surface area contributed by atoms with Crippen LogP contribution in [0.4, 0.5) is 4.39 Å². The summed E-state index contributed by atoms with van der Waals surface area (Å²) in [4.78, 5) is 0. The summed E-state index contributed by atoms with van der Waals surface area (Å²) in [6.07, 6.45) is 15.6. The zero-order valence-corrected chi connectivity index (χ0v) is 19.2. The van der Waals surface area contributed by atoms with Crippen molar-refractivity contribution in [3.05, 3.63) is 65.5 Å². The smallest absolute Gasteiger partial charge is 0.123 e. The molecule has 2 aliphatic rings. The Morgan fingerprint density at radius 3 is 2.26 bits per heavy atom. The fourth-order valence-electron chi connectivity index (χ4n) is 6.02. The van der Waals surface area contributed by atoms with Crippen LogP contribution in [0, 0.1) is 23.6 Å². The van der Waals surface area contributed by atoms with Gasteiger partial charge in [0.15, 0.2) is 0 Å². The number of ether oxygens (including phenoxy) is 1. The molecule has 0 atom stereocenters. The van der Waals surface area contributed by atoms with Crippen LogP contribution in [0.3, 0.4) is 0 Å². The lowest BCUT2D eigenvalue weighted by atomic mass is 9.68. The van der Waals surface area contributed by atoms with Gasteiger partial charge >= 0.3 is 0 Å². The fourth-order valence-corrected chi connectivity index (χ4v) is 6.02. The van der Waals surface area contributed by atoms with Crippen LogP contribution in [0.5, 0.6) is 5.75 Å². The number of halogens is 1. The molecule has 0 spiro atoms. The lowest BCUT2D eigenvalue weighted by Crippen LogP contribution is -2.25. The van der Waals surface area contributed by atoms with Crippen molar-refractivity contribution >= 4 is 0 Å². The Bertz CT molecular complexity index is 800. The Balaban J connectivity index is 1.25. The minimum absolute atomic E-state index is 0.207. The van der Waals surface area contributed by atoms with Gasteiger partial charge in [-0.25, -0.2) is 4.39 Å². The van der Waals surface area contributed by atoms with Crippen LogP contribution in [-0.2, 0) is 6.61 Å². The molecule has 0 saturated heterocycles. The first kappa shape index (κ1) is 22.4. The molecule has 0 amide bonds. The van der Waals surface area contributed by atoms with E-state index in [-0.39, 0.29) is 5.82 Å². The molecule has 31 heavy (non-hydrogen) atoms.